The molecular weight excluding hydrogens is 368 g/mol. The van der Waals surface area contributed by atoms with Crippen LogP contribution in [-0.2, 0) is 16.4 Å². The van der Waals surface area contributed by atoms with E-state index in [1.54, 1.807) is 18.4 Å². The van der Waals surface area contributed by atoms with Crippen molar-refractivity contribution >= 4 is 21.4 Å². The number of rotatable bonds is 7. The van der Waals surface area contributed by atoms with Gasteiger partial charge in [-0.2, -0.15) is 0 Å². The van der Waals surface area contributed by atoms with Gasteiger partial charge in [0.1, 0.15) is 10.8 Å². The van der Waals surface area contributed by atoms with Crippen molar-refractivity contribution in [3.05, 3.63) is 59.5 Å². The fourth-order valence-corrected chi connectivity index (χ4v) is 3.91. The summed E-state index contributed by atoms with van der Waals surface area (Å²) in [6, 6.07) is 15.9. The van der Waals surface area contributed by atoms with Crippen LogP contribution >= 0.6 is 11.3 Å². The van der Waals surface area contributed by atoms with E-state index in [0.717, 1.165) is 39.4 Å². The van der Waals surface area contributed by atoms with Gasteiger partial charge in [0.2, 0.25) is 10.0 Å². The average Bonchev–Trinajstić information content (AvgIpc) is 3.11. The highest BCUT2D eigenvalue weighted by Gasteiger charge is 2.11. The normalized spacial score (nSPS) is 11.5. The maximum absolute atomic E-state index is 11.1. The highest BCUT2D eigenvalue weighted by molar-refractivity contribution is 7.88. The Morgan fingerprint density at radius 1 is 1.12 bits per heavy atom. The predicted octanol–water partition coefficient (Wildman–Crippen LogP) is 3.58. The number of hydrogen-bond acceptors (Lipinski definition) is 5. The molecule has 26 heavy (non-hydrogen) atoms. The van der Waals surface area contributed by atoms with Crippen LogP contribution in [0.1, 0.15) is 5.56 Å². The number of para-hydroxylation sites is 1. The van der Waals surface area contributed by atoms with E-state index in [-0.39, 0.29) is 0 Å². The van der Waals surface area contributed by atoms with Crippen LogP contribution in [0.3, 0.4) is 0 Å². The van der Waals surface area contributed by atoms with Gasteiger partial charge in [-0.15, -0.1) is 11.3 Å². The summed E-state index contributed by atoms with van der Waals surface area (Å²) in [7, 11) is -1.49. The van der Waals surface area contributed by atoms with Gasteiger partial charge in [-0.25, -0.2) is 18.1 Å². The standard InChI is InChI=1S/C19H20N2O3S2/c1-24-18-6-4-3-5-16(18)19-21-17(13-25-19)15-9-7-14(8-10-15)11-12-20-26(2,22)23/h3-10,13,20H,11-12H2,1-2H3. The maximum Gasteiger partial charge on any atom is 0.208 e. The Labute approximate surface area is 157 Å². The van der Waals surface area contributed by atoms with Gasteiger partial charge in [0.25, 0.3) is 0 Å². The Morgan fingerprint density at radius 2 is 1.85 bits per heavy atom. The molecule has 0 atom stereocenters. The molecule has 3 aromatic rings. The summed E-state index contributed by atoms with van der Waals surface area (Å²) in [6.45, 7) is 0.396. The Balaban J connectivity index is 1.73. The first-order valence-electron chi connectivity index (χ1n) is 8.09. The molecule has 0 aliphatic rings. The Morgan fingerprint density at radius 3 is 2.54 bits per heavy atom. The van der Waals surface area contributed by atoms with E-state index in [1.165, 1.54) is 0 Å². The van der Waals surface area contributed by atoms with Crippen LogP contribution in [0, 0.1) is 0 Å². The molecular formula is C19H20N2O3S2. The molecule has 2 aromatic carbocycles. The number of benzene rings is 2. The second-order valence-corrected chi connectivity index (χ2v) is 8.54. The highest BCUT2D eigenvalue weighted by atomic mass is 32.2. The number of nitrogens with zero attached hydrogens (tertiary/aromatic N) is 1. The van der Waals surface area contributed by atoms with Crippen molar-refractivity contribution in [2.45, 2.75) is 6.42 Å². The molecule has 7 heteroatoms. The molecule has 136 valence electrons. The minimum absolute atomic E-state index is 0.396. The van der Waals surface area contributed by atoms with Crippen LogP contribution in [0.15, 0.2) is 53.9 Å². The first kappa shape index (κ1) is 18.6. The second-order valence-electron chi connectivity index (χ2n) is 5.85. The Bertz CT molecular complexity index is 980. The van der Waals surface area contributed by atoms with Gasteiger partial charge in [0.15, 0.2) is 0 Å². The van der Waals surface area contributed by atoms with E-state index in [9.17, 15) is 8.42 Å². The number of nitrogens with one attached hydrogen (secondary N) is 1. The average molecular weight is 389 g/mol. The van der Waals surface area contributed by atoms with Crippen LogP contribution in [0.25, 0.3) is 21.8 Å². The molecule has 0 spiro atoms. The van der Waals surface area contributed by atoms with E-state index in [0.29, 0.717) is 13.0 Å². The first-order valence-corrected chi connectivity index (χ1v) is 10.9. The van der Waals surface area contributed by atoms with Gasteiger partial charge in [0, 0.05) is 17.5 Å². The molecule has 0 saturated carbocycles. The molecule has 0 aliphatic heterocycles. The Kier molecular flexibility index (Phi) is 5.70. The highest BCUT2D eigenvalue weighted by Crippen LogP contribution is 2.34. The van der Waals surface area contributed by atoms with Crippen LogP contribution in [-0.4, -0.2) is 33.3 Å². The summed E-state index contributed by atoms with van der Waals surface area (Å²) < 4.78 is 30.1. The van der Waals surface area contributed by atoms with E-state index in [2.05, 4.69) is 4.72 Å². The lowest BCUT2D eigenvalue weighted by Crippen LogP contribution is -2.24. The van der Waals surface area contributed by atoms with Gasteiger partial charge in [-0.3, -0.25) is 0 Å². The Hall–Kier alpha value is -2.22. The van der Waals surface area contributed by atoms with Crippen molar-refractivity contribution in [1.82, 2.24) is 9.71 Å². The SMILES string of the molecule is COc1ccccc1-c1nc(-c2ccc(CCNS(C)(=O)=O)cc2)cs1. The summed E-state index contributed by atoms with van der Waals surface area (Å²) in [5.41, 5.74) is 4.00. The zero-order chi connectivity index (χ0) is 18.6. The molecule has 5 nitrogen and oxygen atoms in total. The summed E-state index contributed by atoms with van der Waals surface area (Å²) in [4.78, 5) is 4.73. The van der Waals surface area contributed by atoms with E-state index in [4.69, 9.17) is 9.72 Å². The topological polar surface area (TPSA) is 68.3 Å². The quantitative estimate of drug-likeness (QED) is 0.672. The third kappa shape index (κ3) is 4.69. The van der Waals surface area contributed by atoms with Crippen molar-refractivity contribution in [2.24, 2.45) is 0 Å². The summed E-state index contributed by atoms with van der Waals surface area (Å²) in [6.07, 6.45) is 1.81. The fourth-order valence-electron chi connectivity index (χ4n) is 2.57. The molecule has 1 N–H and O–H groups in total. The summed E-state index contributed by atoms with van der Waals surface area (Å²) >= 11 is 1.58. The largest absolute Gasteiger partial charge is 0.496 e. The molecule has 1 aromatic heterocycles. The summed E-state index contributed by atoms with van der Waals surface area (Å²) in [5.74, 6) is 0.808. The number of methoxy groups -OCH3 is 1. The number of hydrogen-bond donors (Lipinski definition) is 1. The molecule has 0 fully saturated rings. The second kappa shape index (κ2) is 7.99. The van der Waals surface area contributed by atoms with Gasteiger partial charge in [-0.05, 0) is 24.1 Å². The van der Waals surface area contributed by atoms with Crippen LogP contribution in [0.5, 0.6) is 5.75 Å². The van der Waals surface area contributed by atoms with E-state index in [1.807, 2.05) is 53.9 Å². The maximum atomic E-state index is 11.1. The third-order valence-electron chi connectivity index (χ3n) is 3.87. The minimum atomic E-state index is -3.14. The van der Waals surface area contributed by atoms with E-state index < -0.39 is 10.0 Å². The van der Waals surface area contributed by atoms with Gasteiger partial charge < -0.3 is 4.74 Å². The molecule has 0 bridgehead atoms. The molecule has 0 unspecified atom stereocenters. The molecule has 0 aliphatic carbocycles. The van der Waals surface area contributed by atoms with Crippen molar-refractivity contribution < 1.29 is 13.2 Å². The molecule has 0 radical (unpaired) electrons. The molecule has 1 heterocycles. The number of aromatic nitrogens is 1. The number of sulfonamides is 1. The lowest BCUT2D eigenvalue weighted by atomic mass is 10.1. The van der Waals surface area contributed by atoms with Crippen LogP contribution < -0.4 is 9.46 Å². The fraction of sp³-hybridized carbons (Fsp3) is 0.211. The lowest BCUT2D eigenvalue weighted by molar-refractivity contribution is 0.416. The third-order valence-corrected chi connectivity index (χ3v) is 5.47. The van der Waals surface area contributed by atoms with Crippen molar-refractivity contribution in [2.75, 3.05) is 19.9 Å². The van der Waals surface area contributed by atoms with Crippen LogP contribution in [0.2, 0.25) is 0 Å². The lowest BCUT2D eigenvalue weighted by Gasteiger charge is -2.05. The predicted molar refractivity (Wildman–Crippen MR) is 106 cm³/mol. The van der Waals surface area contributed by atoms with Gasteiger partial charge in [0.05, 0.1) is 24.6 Å². The monoisotopic (exact) mass is 388 g/mol. The van der Waals surface area contributed by atoms with Gasteiger partial charge >= 0.3 is 0 Å². The van der Waals surface area contributed by atoms with Crippen molar-refractivity contribution in [3.8, 4) is 27.6 Å². The van der Waals surface area contributed by atoms with Gasteiger partial charge in [-0.1, -0.05) is 36.4 Å². The first-order chi connectivity index (χ1) is 12.5. The summed E-state index contributed by atoms with van der Waals surface area (Å²) in [5, 5.41) is 2.95. The zero-order valence-electron chi connectivity index (χ0n) is 14.6. The number of ether oxygens (including phenoxy) is 1. The van der Waals surface area contributed by atoms with Crippen molar-refractivity contribution in [1.29, 1.82) is 0 Å². The van der Waals surface area contributed by atoms with E-state index >= 15 is 0 Å². The molecule has 3 rings (SSSR count). The molecule has 0 amide bonds. The smallest absolute Gasteiger partial charge is 0.208 e. The molecule has 0 saturated heterocycles. The van der Waals surface area contributed by atoms with Crippen molar-refractivity contribution in [3.63, 3.8) is 0 Å². The van der Waals surface area contributed by atoms with Crippen LogP contribution in [0.4, 0.5) is 0 Å². The minimum Gasteiger partial charge on any atom is -0.496 e. The zero-order valence-corrected chi connectivity index (χ0v) is 16.2. The number of thiazole rings is 1.